The highest BCUT2D eigenvalue weighted by atomic mass is 35.5. The van der Waals surface area contributed by atoms with Crippen molar-refractivity contribution in [1.29, 1.82) is 0 Å². The molecule has 33 heavy (non-hydrogen) atoms. The van der Waals surface area contributed by atoms with E-state index in [1.165, 1.54) is 12.1 Å². The first kappa shape index (κ1) is 24.8. The lowest BCUT2D eigenvalue weighted by atomic mass is 10.0. The quantitative estimate of drug-likeness (QED) is 0.414. The minimum absolute atomic E-state index is 0.0730. The molecule has 0 aromatic heterocycles. The van der Waals surface area contributed by atoms with Crippen molar-refractivity contribution < 1.29 is 23.1 Å². The van der Waals surface area contributed by atoms with Gasteiger partial charge in [0.05, 0.1) is 17.7 Å². The van der Waals surface area contributed by atoms with Gasteiger partial charge in [-0.15, -0.1) is 0 Å². The van der Waals surface area contributed by atoms with Gasteiger partial charge in [0.1, 0.15) is 0 Å². The Morgan fingerprint density at radius 2 is 1.64 bits per heavy atom. The monoisotopic (exact) mass is 476 g/mol. The number of nitrogens with one attached hydrogen (secondary N) is 2. The number of amides is 1. The van der Waals surface area contributed by atoms with E-state index in [0.717, 1.165) is 17.7 Å². The third kappa shape index (κ3) is 7.60. The summed E-state index contributed by atoms with van der Waals surface area (Å²) < 4.78 is 38.7. The fourth-order valence-electron chi connectivity index (χ4n) is 3.40. The lowest BCUT2D eigenvalue weighted by Crippen LogP contribution is -2.48. The molecule has 0 saturated carbocycles. The van der Waals surface area contributed by atoms with Gasteiger partial charge in [-0.05, 0) is 41.8 Å². The van der Waals surface area contributed by atoms with E-state index >= 15 is 0 Å². The van der Waals surface area contributed by atoms with Crippen molar-refractivity contribution in [3.8, 4) is 0 Å². The Hall–Kier alpha value is -2.87. The molecule has 0 aliphatic rings. The summed E-state index contributed by atoms with van der Waals surface area (Å²) in [6.45, 7) is 0.213. The molecule has 3 aromatic rings. The van der Waals surface area contributed by atoms with Gasteiger partial charge in [0.25, 0.3) is 5.91 Å². The van der Waals surface area contributed by atoms with Crippen LogP contribution in [0.15, 0.2) is 78.9 Å². The molecule has 2 atom stereocenters. The first-order chi connectivity index (χ1) is 15.7. The Kier molecular flexibility index (Phi) is 8.49. The second-order valence-corrected chi connectivity index (χ2v) is 8.11. The number of hydrogen-bond acceptors (Lipinski definition) is 3. The molecular formula is C25H24ClF3N2O2. The van der Waals surface area contributed by atoms with E-state index in [2.05, 4.69) is 10.6 Å². The highest BCUT2D eigenvalue weighted by Gasteiger charge is 2.30. The van der Waals surface area contributed by atoms with Crippen LogP contribution < -0.4 is 10.6 Å². The molecule has 8 heteroatoms. The second kappa shape index (κ2) is 11.3. The van der Waals surface area contributed by atoms with Crippen molar-refractivity contribution >= 4 is 17.5 Å². The zero-order valence-corrected chi connectivity index (χ0v) is 18.4. The van der Waals surface area contributed by atoms with E-state index in [-0.39, 0.29) is 19.0 Å². The summed E-state index contributed by atoms with van der Waals surface area (Å²) in [7, 11) is 0. The van der Waals surface area contributed by atoms with Gasteiger partial charge in [-0.25, -0.2) is 0 Å². The Labute approximate surface area is 195 Å². The average Bonchev–Trinajstić information content (AvgIpc) is 2.79. The smallest absolute Gasteiger partial charge is 0.390 e. The van der Waals surface area contributed by atoms with Crippen LogP contribution in [0.1, 0.15) is 27.0 Å². The van der Waals surface area contributed by atoms with Crippen LogP contribution in [0, 0.1) is 0 Å². The van der Waals surface area contributed by atoms with Crippen LogP contribution in [-0.4, -0.2) is 29.7 Å². The third-order valence-electron chi connectivity index (χ3n) is 5.10. The molecule has 2 unspecified atom stereocenters. The fourth-order valence-corrected chi connectivity index (χ4v) is 3.59. The van der Waals surface area contributed by atoms with Crippen LogP contribution in [0.4, 0.5) is 13.2 Å². The molecule has 3 N–H and O–H groups in total. The predicted octanol–water partition coefficient (Wildman–Crippen LogP) is 4.85. The molecule has 0 spiro atoms. The van der Waals surface area contributed by atoms with E-state index in [0.29, 0.717) is 22.6 Å². The Morgan fingerprint density at radius 1 is 0.939 bits per heavy atom. The molecule has 0 saturated heterocycles. The molecular weight excluding hydrogens is 453 g/mol. The summed E-state index contributed by atoms with van der Waals surface area (Å²) in [4.78, 5) is 12.7. The molecule has 3 aromatic carbocycles. The van der Waals surface area contributed by atoms with Crippen molar-refractivity contribution in [2.45, 2.75) is 31.3 Å². The van der Waals surface area contributed by atoms with Gasteiger partial charge in [-0.3, -0.25) is 4.79 Å². The molecule has 4 nitrogen and oxygen atoms in total. The van der Waals surface area contributed by atoms with Crippen LogP contribution in [-0.2, 0) is 19.1 Å². The topological polar surface area (TPSA) is 61.4 Å². The van der Waals surface area contributed by atoms with Gasteiger partial charge in [0.2, 0.25) is 0 Å². The number of carbonyl (C=O) groups is 1. The minimum Gasteiger partial charge on any atom is -0.390 e. The predicted molar refractivity (Wildman–Crippen MR) is 122 cm³/mol. The van der Waals surface area contributed by atoms with Crippen molar-refractivity contribution in [1.82, 2.24) is 10.6 Å². The SMILES string of the molecule is O=C(NC(Cc1ccccc1)C(O)CNCc1cccc(C(F)(F)F)c1)c1cccc(Cl)c1. The van der Waals surface area contributed by atoms with Crippen LogP contribution >= 0.6 is 11.6 Å². The summed E-state index contributed by atoms with van der Waals surface area (Å²) in [5, 5.41) is 17.0. The van der Waals surface area contributed by atoms with E-state index in [1.807, 2.05) is 30.3 Å². The lowest BCUT2D eigenvalue weighted by Gasteiger charge is -2.25. The minimum atomic E-state index is -4.42. The van der Waals surface area contributed by atoms with E-state index < -0.39 is 23.9 Å². The van der Waals surface area contributed by atoms with E-state index in [4.69, 9.17) is 11.6 Å². The van der Waals surface area contributed by atoms with Gasteiger partial charge in [0.15, 0.2) is 0 Å². The van der Waals surface area contributed by atoms with Gasteiger partial charge in [-0.1, -0.05) is 66.2 Å². The van der Waals surface area contributed by atoms with Gasteiger partial charge in [-0.2, -0.15) is 13.2 Å². The summed E-state index contributed by atoms with van der Waals surface area (Å²) >= 11 is 5.97. The maximum Gasteiger partial charge on any atom is 0.416 e. The number of carbonyl (C=O) groups excluding carboxylic acids is 1. The maximum absolute atomic E-state index is 12.9. The molecule has 0 bridgehead atoms. The highest BCUT2D eigenvalue weighted by molar-refractivity contribution is 6.30. The maximum atomic E-state index is 12.9. The Bertz CT molecular complexity index is 1060. The first-order valence-electron chi connectivity index (χ1n) is 10.4. The van der Waals surface area contributed by atoms with Gasteiger partial charge in [0, 0.05) is 23.7 Å². The molecule has 3 rings (SSSR count). The summed E-state index contributed by atoms with van der Waals surface area (Å²) in [6.07, 6.45) is -5.03. The standard InChI is InChI=1S/C25H24ClF3N2O2/c26-21-11-5-9-19(14-21)24(33)31-22(13-17-6-2-1-3-7-17)23(32)16-30-15-18-8-4-10-20(12-18)25(27,28)29/h1-12,14,22-23,30,32H,13,15-16H2,(H,31,33). The number of rotatable bonds is 9. The molecule has 0 radical (unpaired) electrons. The third-order valence-corrected chi connectivity index (χ3v) is 5.34. The second-order valence-electron chi connectivity index (χ2n) is 7.68. The Balaban J connectivity index is 1.66. The van der Waals surface area contributed by atoms with Gasteiger partial charge < -0.3 is 15.7 Å². The summed E-state index contributed by atoms with van der Waals surface area (Å²) in [5.74, 6) is -0.379. The van der Waals surface area contributed by atoms with Crippen LogP contribution in [0.3, 0.4) is 0 Å². The normalized spacial score (nSPS) is 13.4. The molecule has 0 aliphatic heterocycles. The zero-order valence-electron chi connectivity index (χ0n) is 17.6. The molecule has 0 aliphatic carbocycles. The molecule has 0 fully saturated rings. The summed E-state index contributed by atoms with van der Waals surface area (Å²) in [5.41, 5.74) is 1.01. The van der Waals surface area contributed by atoms with Crippen LogP contribution in [0.5, 0.6) is 0 Å². The average molecular weight is 477 g/mol. The zero-order chi connectivity index (χ0) is 23.8. The number of hydrogen-bond donors (Lipinski definition) is 3. The largest absolute Gasteiger partial charge is 0.416 e. The number of aliphatic hydroxyl groups excluding tert-OH is 1. The highest BCUT2D eigenvalue weighted by Crippen LogP contribution is 2.29. The molecule has 1 amide bonds. The first-order valence-corrected chi connectivity index (χ1v) is 10.8. The van der Waals surface area contributed by atoms with E-state index in [1.54, 1.807) is 24.3 Å². The lowest BCUT2D eigenvalue weighted by molar-refractivity contribution is -0.137. The summed E-state index contributed by atoms with van der Waals surface area (Å²) in [6, 6.07) is 20.2. The van der Waals surface area contributed by atoms with Crippen LogP contribution in [0.25, 0.3) is 0 Å². The molecule has 174 valence electrons. The number of benzene rings is 3. The van der Waals surface area contributed by atoms with Crippen LogP contribution in [0.2, 0.25) is 5.02 Å². The van der Waals surface area contributed by atoms with E-state index in [9.17, 15) is 23.1 Å². The number of alkyl halides is 3. The number of aliphatic hydroxyl groups is 1. The van der Waals surface area contributed by atoms with Crippen molar-refractivity contribution in [3.63, 3.8) is 0 Å². The number of halogens is 4. The molecule has 0 heterocycles. The van der Waals surface area contributed by atoms with Gasteiger partial charge >= 0.3 is 6.18 Å². The fraction of sp³-hybridized carbons (Fsp3) is 0.240. The van der Waals surface area contributed by atoms with Crippen molar-refractivity contribution in [2.24, 2.45) is 0 Å². The van der Waals surface area contributed by atoms with Crippen molar-refractivity contribution in [3.05, 3.63) is 106 Å². The van der Waals surface area contributed by atoms with Crippen molar-refractivity contribution in [2.75, 3.05) is 6.54 Å². The Morgan fingerprint density at radius 3 is 2.33 bits per heavy atom.